The number of hydrogen-bond donors (Lipinski definition) is 2. The van der Waals surface area contributed by atoms with Crippen LogP contribution in [0.5, 0.6) is 5.75 Å². The highest BCUT2D eigenvalue weighted by Crippen LogP contribution is 2.44. The van der Waals surface area contributed by atoms with E-state index in [1.54, 1.807) is 0 Å². The molecule has 142 valence electrons. The Balaban J connectivity index is 1.62. The first-order valence-electron chi connectivity index (χ1n) is 9.64. The number of ether oxygens (including phenoxy) is 1. The van der Waals surface area contributed by atoms with Gasteiger partial charge < -0.3 is 20.3 Å². The Kier molecular flexibility index (Phi) is 4.79. The molecule has 1 unspecified atom stereocenters. The molecule has 0 saturated carbocycles. The average molecular weight is 365 g/mol. The van der Waals surface area contributed by atoms with Crippen LogP contribution in [0.4, 0.5) is 5.69 Å². The molecule has 1 fully saturated rings. The molecule has 0 aromatic heterocycles. The van der Waals surface area contributed by atoms with Crippen LogP contribution in [0.3, 0.4) is 0 Å². The lowest BCUT2D eigenvalue weighted by Gasteiger charge is -2.46. The van der Waals surface area contributed by atoms with Crippen LogP contribution in [-0.4, -0.2) is 43.6 Å². The average Bonchev–Trinajstić information content (AvgIpc) is 2.70. The van der Waals surface area contributed by atoms with Crippen LogP contribution in [0, 0.1) is 0 Å². The number of piperidine rings is 1. The van der Waals surface area contributed by atoms with Gasteiger partial charge >= 0.3 is 0 Å². The minimum atomic E-state index is -0.193. The lowest BCUT2D eigenvalue weighted by atomic mass is 9.80. The predicted octanol–water partition coefficient (Wildman–Crippen LogP) is 3.45. The maximum absolute atomic E-state index is 13.0. The Morgan fingerprint density at radius 2 is 1.81 bits per heavy atom. The van der Waals surface area contributed by atoms with Crippen LogP contribution in [0.1, 0.15) is 41.2 Å². The van der Waals surface area contributed by atoms with E-state index in [1.807, 2.05) is 49.5 Å². The molecule has 0 aliphatic carbocycles. The summed E-state index contributed by atoms with van der Waals surface area (Å²) in [7, 11) is 3.99. The molecule has 2 aliphatic rings. The van der Waals surface area contributed by atoms with Gasteiger partial charge in [-0.1, -0.05) is 30.3 Å². The van der Waals surface area contributed by atoms with Gasteiger partial charge in [-0.25, -0.2) is 0 Å². The molecular weight excluding hydrogens is 338 g/mol. The molecule has 2 aromatic carbocycles. The first-order chi connectivity index (χ1) is 13.1. The van der Waals surface area contributed by atoms with Crippen LogP contribution in [0.15, 0.2) is 48.5 Å². The number of likely N-dealkylation sites (tertiary alicyclic amines) is 1. The highest BCUT2D eigenvalue weighted by atomic mass is 16.5. The number of carbonyl (C=O) groups excluding carboxylic acids is 1. The quantitative estimate of drug-likeness (QED) is 0.875. The third-order valence-electron chi connectivity index (χ3n) is 5.84. The first-order valence-corrected chi connectivity index (χ1v) is 9.64. The van der Waals surface area contributed by atoms with Crippen molar-refractivity contribution in [2.45, 2.75) is 30.9 Å². The minimum Gasteiger partial charge on any atom is -0.487 e. The Labute approximate surface area is 160 Å². The third kappa shape index (κ3) is 3.52. The molecule has 2 aliphatic heterocycles. The Bertz CT molecular complexity index is 828. The van der Waals surface area contributed by atoms with Crippen molar-refractivity contribution in [3.8, 4) is 5.75 Å². The third-order valence-corrected chi connectivity index (χ3v) is 5.84. The van der Waals surface area contributed by atoms with Crippen LogP contribution in [-0.2, 0) is 0 Å². The normalized spacial score (nSPS) is 21.2. The van der Waals surface area contributed by atoms with E-state index in [0.29, 0.717) is 5.56 Å². The number of fused-ring (bicyclic) bond motifs is 1. The highest BCUT2D eigenvalue weighted by molar-refractivity contribution is 5.99. The molecule has 1 atom stereocenters. The Hall–Kier alpha value is -2.53. The standard InChI is InChI=1S/C22H27N3O2/c1-23-18-9-5-3-8-17(18)21(26)24-19-15-22(11-13-25(2)14-12-22)27-20-10-6-4-7-16(19)20/h3-10,19,23H,11-15H2,1-2H3,(H,24,26). The molecular formula is C22H27N3O2. The molecule has 27 heavy (non-hydrogen) atoms. The number of rotatable bonds is 3. The monoisotopic (exact) mass is 365 g/mol. The maximum atomic E-state index is 13.0. The van der Waals surface area contributed by atoms with Gasteiger partial charge in [0.05, 0.1) is 11.6 Å². The molecule has 5 nitrogen and oxygen atoms in total. The van der Waals surface area contributed by atoms with Crippen LogP contribution in [0.2, 0.25) is 0 Å². The zero-order valence-electron chi connectivity index (χ0n) is 16.0. The molecule has 5 heteroatoms. The second-order valence-corrected chi connectivity index (χ2v) is 7.65. The van der Waals surface area contributed by atoms with Gasteiger partial charge in [0.2, 0.25) is 0 Å². The van der Waals surface area contributed by atoms with Gasteiger partial charge in [-0.05, 0) is 38.1 Å². The highest BCUT2D eigenvalue weighted by Gasteiger charge is 2.43. The summed E-state index contributed by atoms with van der Waals surface area (Å²) in [6, 6.07) is 15.7. The van der Waals surface area contributed by atoms with Gasteiger partial charge in [0.1, 0.15) is 11.4 Å². The van der Waals surface area contributed by atoms with Gasteiger partial charge in [0.25, 0.3) is 5.91 Å². The van der Waals surface area contributed by atoms with Gasteiger partial charge in [-0.2, -0.15) is 0 Å². The van der Waals surface area contributed by atoms with Gasteiger partial charge in [0.15, 0.2) is 0 Å². The minimum absolute atomic E-state index is 0.0456. The summed E-state index contributed by atoms with van der Waals surface area (Å²) in [5.41, 5.74) is 2.38. The topological polar surface area (TPSA) is 53.6 Å². The number of para-hydroxylation sites is 2. The van der Waals surface area contributed by atoms with E-state index in [4.69, 9.17) is 4.74 Å². The Morgan fingerprint density at radius 1 is 1.11 bits per heavy atom. The van der Waals surface area contributed by atoms with Crippen molar-refractivity contribution in [2.75, 3.05) is 32.5 Å². The lowest BCUT2D eigenvalue weighted by molar-refractivity contribution is -0.0195. The first kappa shape index (κ1) is 17.9. The molecule has 2 N–H and O–H groups in total. The number of carbonyl (C=O) groups is 1. The summed E-state index contributed by atoms with van der Waals surface area (Å²) in [4.78, 5) is 15.4. The molecule has 0 radical (unpaired) electrons. The van der Waals surface area contributed by atoms with Gasteiger partial charge in [-0.15, -0.1) is 0 Å². The van der Waals surface area contributed by atoms with Crippen molar-refractivity contribution in [1.82, 2.24) is 10.2 Å². The van der Waals surface area contributed by atoms with Crippen LogP contribution >= 0.6 is 0 Å². The van der Waals surface area contributed by atoms with Crippen LogP contribution in [0.25, 0.3) is 0 Å². The van der Waals surface area contributed by atoms with Crippen molar-refractivity contribution in [3.63, 3.8) is 0 Å². The van der Waals surface area contributed by atoms with E-state index >= 15 is 0 Å². The second kappa shape index (κ2) is 7.24. The lowest BCUT2D eigenvalue weighted by Crippen LogP contribution is -2.51. The SMILES string of the molecule is CNc1ccccc1C(=O)NC1CC2(CCN(C)CC2)Oc2ccccc21. The summed E-state index contributed by atoms with van der Waals surface area (Å²) >= 11 is 0. The van der Waals surface area contributed by atoms with E-state index in [-0.39, 0.29) is 17.6 Å². The number of nitrogens with one attached hydrogen (secondary N) is 2. The fraction of sp³-hybridized carbons (Fsp3) is 0.409. The summed E-state index contributed by atoms with van der Waals surface area (Å²) in [6.07, 6.45) is 2.78. The summed E-state index contributed by atoms with van der Waals surface area (Å²) in [6.45, 7) is 2.04. The number of hydrogen-bond acceptors (Lipinski definition) is 4. The maximum Gasteiger partial charge on any atom is 0.253 e. The van der Waals surface area contributed by atoms with E-state index in [9.17, 15) is 4.79 Å². The Morgan fingerprint density at radius 3 is 2.59 bits per heavy atom. The molecule has 1 spiro atoms. The zero-order valence-corrected chi connectivity index (χ0v) is 16.0. The van der Waals surface area contributed by atoms with Crippen molar-refractivity contribution < 1.29 is 9.53 Å². The van der Waals surface area contributed by atoms with Gasteiger partial charge in [0, 0.05) is 37.8 Å². The summed E-state index contributed by atoms with van der Waals surface area (Å²) in [5.74, 6) is 0.852. The van der Waals surface area contributed by atoms with Crippen molar-refractivity contribution >= 4 is 11.6 Å². The second-order valence-electron chi connectivity index (χ2n) is 7.65. The van der Waals surface area contributed by atoms with E-state index in [2.05, 4.69) is 28.6 Å². The number of benzene rings is 2. The zero-order chi connectivity index (χ0) is 18.9. The molecule has 1 saturated heterocycles. The number of nitrogens with zero attached hydrogens (tertiary/aromatic N) is 1. The van der Waals surface area contributed by atoms with Crippen molar-refractivity contribution in [1.29, 1.82) is 0 Å². The van der Waals surface area contributed by atoms with Crippen LogP contribution < -0.4 is 15.4 Å². The van der Waals surface area contributed by atoms with E-state index in [1.165, 1.54) is 0 Å². The molecule has 2 heterocycles. The smallest absolute Gasteiger partial charge is 0.253 e. The predicted molar refractivity (Wildman–Crippen MR) is 107 cm³/mol. The van der Waals surface area contributed by atoms with E-state index in [0.717, 1.165) is 49.4 Å². The van der Waals surface area contributed by atoms with Crippen molar-refractivity contribution in [3.05, 3.63) is 59.7 Å². The molecule has 0 bridgehead atoms. The largest absolute Gasteiger partial charge is 0.487 e. The molecule has 4 rings (SSSR count). The number of anilines is 1. The fourth-order valence-electron chi connectivity index (χ4n) is 4.21. The number of amides is 1. The van der Waals surface area contributed by atoms with Gasteiger partial charge in [-0.3, -0.25) is 4.79 Å². The molecule has 2 aromatic rings. The fourth-order valence-corrected chi connectivity index (χ4v) is 4.21. The summed E-state index contributed by atoms with van der Waals surface area (Å²) in [5, 5.41) is 6.38. The van der Waals surface area contributed by atoms with E-state index < -0.39 is 0 Å². The van der Waals surface area contributed by atoms with Crippen molar-refractivity contribution in [2.24, 2.45) is 0 Å². The summed E-state index contributed by atoms with van der Waals surface area (Å²) < 4.78 is 6.48. The molecule has 1 amide bonds.